The monoisotopic (exact) mass is 380 g/mol. The molecule has 114 valence electrons. The second-order valence-electron chi connectivity index (χ2n) is 4.26. The van der Waals surface area contributed by atoms with Gasteiger partial charge in [0.05, 0.1) is 6.21 Å². The van der Waals surface area contributed by atoms with Crippen molar-refractivity contribution in [3.8, 4) is 5.75 Å². The summed E-state index contributed by atoms with van der Waals surface area (Å²) in [7, 11) is 0. The largest absolute Gasteiger partial charge is 0.489 e. The van der Waals surface area contributed by atoms with Crippen LogP contribution in [0, 0.1) is 11.7 Å². The van der Waals surface area contributed by atoms with Crippen molar-refractivity contribution in [3.05, 3.63) is 61.7 Å². The number of aryl methyl sites for hydroxylation is 1. The molecule has 0 aliphatic rings. The Labute approximate surface area is 140 Å². The van der Waals surface area contributed by atoms with Gasteiger partial charge in [-0.1, -0.05) is 28.6 Å². The first kappa shape index (κ1) is 16.3. The van der Waals surface area contributed by atoms with Crippen LogP contribution in [0.15, 0.2) is 45.2 Å². The van der Waals surface area contributed by atoms with Gasteiger partial charge in [0.25, 0.3) is 5.56 Å². The van der Waals surface area contributed by atoms with Gasteiger partial charge in [-0.2, -0.15) is 14.9 Å². The predicted molar refractivity (Wildman–Crippen MR) is 91.2 cm³/mol. The van der Waals surface area contributed by atoms with Crippen LogP contribution in [0.2, 0.25) is 0 Å². The summed E-state index contributed by atoms with van der Waals surface area (Å²) in [6.07, 6.45) is 3.16. The van der Waals surface area contributed by atoms with Crippen LogP contribution in [0.25, 0.3) is 0 Å². The van der Waals surface area contributed by atoms with E-state index < -0.39 is 0 Å². The van der Waals surface area contributed by atoms with Crippen molar-refractivity contribution < 1.29 is 4.74 Å². The standard InChI is InChI=1S/C14H13BrN4O2S/c1-3-6-21-12-5-4-11(15)7-10(12)8-16-19-13(20)9(2)17-18-14(19)22/h3-5,7-8H,1,6H2,2H3,(H,18,22)/b16-8-. The second kappa shape index (κ2) is 7.28. The summed E-state index contributed by atoms with van der Waals surface area (Å²) in [6.45, 7) is 5.56. The summed E-state index contributed by atoms with van der Waals surface area (Å²) in [6, 6.07) is 5.48. The molecule has 2 aromatic rings. The zero-order valence-electron chi connectivity index (χ0n) is 11.7. The number of aromatic amines is 1. The smallest absolute Gasteiger partial charge is 0.296 e. The highest BCUT2D eigenvalue weighted by Gasteiger charge is 2.04. The molecule has 0 aliphatic heterocycles. The van der Waals surface area contributed by atoms with Crippen molar-refractivity contribution >= 4 is 34.4 Å². The van der Waals surface area contributed by atoms with Crippen LogP contribution in [0.1, 0.15) is 11.3 Å². The third-order valence-electron chi connectivity index (χ3n) is 2.65. The first-order valence-electron chi connectivity index (χ1n) is 6.29. The first-order valence-corrected chi connectivity index (χ1v) is 7.49. The number of nitrogens with zero attached hydrogens (tertiary/aromatic N) is 3. The van der Waals surface area contributed by atoms with Gasteiger partial charge in [0.15, 0.2) is 0 Å². The van der Waals surface area contributed by atoms with E-state index in [1.165, 1.54) is 6.21 Å². The summed E-state index contributed by atoms with van der Waals surface area (Å²) >= 11 is 8.41. The van der Waals surface area contributed by atoms with Gasteiger partial charge < -0.3 is 4.74 Å². The van der Waals surface area contributed by atoms with Crippen LogP contribution in [-0.4, -0.2) is 27.7 Å². The number of halogens is 1. The Kier molecular flexibility index (Phi) is 5.40. The van der Waals surface area contributed by atoms with Gasteiger partial charge in [-0.3, -0.25) is 9.89 Å². The third kappa shape index (κ3) is 3.77. The minimum absolute atomic E-state index is 0.121. The van der Waals surface area contributed by atoms with Crippen molar-refractivity contribution in [1.82, 2.24) is 14.9 Å². The van der Waals surface area contributed by atoms with Crippen LogP contribution in [-0.2, 0) is 0 Å². The molecule has 0 saturated heterocycles. The highest BCUT2D eigenvalue weighted by molar-refractivity contribution is 9.10. The van der Waals surface area contributed by atoms with Crippen LogP contribution < -0.4 is 10.3 Å². The van der Waals surface area contributed by atoms with Gasteiger partial charge in [0, 0.05) is 10.0 Å². The number of hydrogen-bond donors (Lipinski definition) is 1. The number of aromatic nitrogens is 3. The van der Waals surface area contributed by atoms with Crippen molar-refractivity contribution in [2.24, 2.45) is 5.10 Å². The van der Waals surface area contributed by atoms with E-state index in [1.807, 2.05) is 12.1 Å². The molecule has 1 heterocycles. The van der Waals surface area contributed by atoms with E-state index in [9.17, 15) is 4.79 Å². The Morgan fingerprint density at radius 1 is 1.59 bits per heavy atom. The molecule has 22 heavy (non-hydrogen) atoms. The van der Waals surface area contributed by atoms with Crippen molar-refractivity contribution in [2.45, 2.75) is 6.92 Å². The Morgan fingerprint density at radius 3 is 3.09 bits per heavy atom. The molecular weight excluding hydrogens is 368 g/mol. The summed E-state index contributed by atoms with van der Waals surface area (Å²) in [5, 5.41) is 10.5. The average Bonchev–Trinajstić information content (AvgIpc) is 2.50. The van der Waals surface area contributed by atoms with E-state index in [1.54, 1.807) is 19.1 Å². The SMILES string of the molecule is C=CCOc1ccc(Br)cc1/C=N\n1c(=S)[nH]nc(C)c1=O. The lowest BCUT2D eigenvalue weighted by Crippen LogP contribution is -2.22. The molecule has 1 aromatic heterocycles. The fraction of sp³-hybridized carbons (Fsp3) is 0.143. The molecular formula is C14H13BrN4O2S. The van der Waals surface area contributed by atoms with Gasteiger partial charge >= 0.3 is 0 Å². The normalized spacial score (nSPS) is 10.8. The molecule has 0 radical (unpaired) electrons. The highest BCUT2D eigenvalue weighted by Crippen LogP contribution is 2.21. The number of H-pyrrole nitrogens is 1. The molecule has 1 aromatic carbocycles. The lowest BCUT2D eigenvalue weighted by atomic mass is 10.2. The number of ether oxygens (including phenoxy) is 1. The molecule has 8 heteroatoms. The van der Waals surface area contributed by atoms with Crippen molar-refractivity contribution in [1.29, 1.82) is 0 Å². The fourth-order valence-electron chi connectivity index (χ4n) is 1.60. The zero-order valence-corrected chi connectivity index (χ0v) is 14.1. The van der Waals surface area contributed by atoms with Gasteiger partial charge in [-0.15, -0.1) is 0 Å². The van der Waals surface area contributed by atoms with Gasteiger partial charge in [-0.05, 0) is 37.3 Å². The maximum Gasteiger partial charge on any atom is 0.296 e. The van der Waals surface area contributed by atoms with Crippen LogP contribution >= 0.6 is 28.1 Å². The lowest BCUT2D eigenvalue weighted by molar-refractivity contribution is 0.362. The maximum atomic E-state index is 12.0. The summed E-state index contributed by atoms with van der Waals surface area (Å²) in [5.41, 5.74) is 0.610. The van der Waals surface area contributed by atoms with E-state index in [-0.39, 0.29) is 16.0 Å². The predicted octanol–water partition coefficient (Wildman–Crippen LogP) is 2.82. The quantitative estimate of drug-likeness (QED) is 0.491. The Bertz CT molecular complexity index is 841. The van der Waals surface area contributed by atoms with Crippen LogP contribution in [0.5, 0.6) is 5.75 Å². The molecule has 0 spiro atoms. The van der Waals surface area contributed by atoms with E-state index in [2.05, 4.69) is 37.8 Å². The molecule has 6 nitrogen and oxygen atoms in total. The molecule has 0 saturated carbocycles. The van der Waals surface area contributed by atoms with Gasteiger partial charge in [-0.25, -0.2) is 0 Å². The van der Waals surface area contributed by atoms with Gasteiger partial charge in [0.2, 0.25) is 4.77 Å². The van der Waals surface area contributed by atoms with Crippen LogP contribution in [0.3, 0.4) is 0 Å². The first-order chi connectivity index (χ1) is 10.5. The minimum Gasteiger partial charge on any atom is -0.489 e. The zero-order chi connectivity index (χ0) is 16.1. The molecule has 2 rings (SSSR count). The summed E-state index contributed by atoms with van der Waals surface area (Å²) in [5.74, 6) is 0.626. The topological polar surface area (TPSA) is 72.3 Å². The number of benzene rings is 1. The van der Waals surface area contributed by atoms with E-state index in [0.29, 0.717) is 17.9 Å². The Morgan fingerprint density at radius 2 is 2.36 bits per heavy atom. The molecule has 0 fully saturated rings. The van der Waals surface area contributed by atoms with E-state index in [0.717, 1.165) is 9.15 Å². The highest BCUT2D eigenvalue weighted by atomic mass is 79.9. The van der Waals surface area contributed by atoms with Gasteiger partial charge in [0.1, 0.15) is 18.1 Å². The summed E-state index contributed by atoms with van der Waals surface area (Å²) < 4.78 is 7.61. The Hall–Kier alpha value is -2.06. The Balaban J connectivity index is 2.44. The molecule has 0 aliphatic carbocycles. The van der Waals surface area contributed by atoms with E-state index >= 15 is 0 Å². The molecule has 0 amide bonds. The number of hydrogen-bond acceptors (Lipinski definition) is 5. The van der Waals surface area contributed by atoms with Crippen molar-refractivity contribution in [2.75, 3.05) is 6.61 Å². The lowest BCUT2D eigenvalue weighted by Gasteiger charge is -2.07. The number of rotatable bonds is 5. The maximum absolute atomic E-state index is 12.0. The summed E-state index contributed by atoms with van der Waals surface area (Å²) in [4.78, 5) is 12.0. The van der Waals surface area contributed by atoms with Crippen molar-refractivity contribution in [3.63, 3.8) is 0 Å². The number of nitrogens with one attached hydrogen (secondary N) is 1. The molecule has 1 N–H and O–H groups in total. The fourth-order valence-corrected chi connectivity index (χ4v) is 2.15. The third-order valence-corrected chi connectivity index (χ3v) is 3.41. The van der Waals surface area contributed by atoms with Crippen LogP contribution in [0.4, 0.5) is 0 Å². The minimum atomic E-state index is -0.372. The molecule has 0 bridgehead atoms. The molecule has 0 unspecified atom stereocenters. The van der Waals surface area contributed by atoms with E-state index in [4.69, 9.17) is 17.0 Å². The second-order valence-corrected chi connectivity index (χ2v) is 5.56. The average molecular weight is 381 g/mol. The molecule has 0 atom stereocenters.